The second-order valence-corrected chi connectivity index (χ2v) is 5.42. The Morgan fingerprint density at radius 1 is 1.43 bits per heavy atom. The molecule has 2 heteroatoms. The Hall–Kier alpha value is -0.0800. The summed E-state index contributed by atoms with van der Waals surface area (Å²) >= 11 is 0. The molecule has 0 bridgehead atoms. The largest absolute Gasteiger partial charge is 0.371 e. The smallest absolute Gasteiger partial charge is 0.0707 e. The topological polar surface area (TPSA) is 21.3 Å². The van der Waals surface area contributed by atoms with Gasteiger partial charge in [-0.1, -0.05) is 13.8 Å². The van der Waals surface area contributed by atoms with Crippen LogP contribution in [0.3, 0.4) is 0 Å². The highest BCUT2D eigenvalue weighted by atomic mass is 16.5. The van der Waals surface area contributed by atoms with Crippen molar-refractivity contribution in [1.82, 2.24) is 5.32 Å². The maximum absolute atomic E-state index is 5.89. The van der Waals surface area contributed by atoms with Crippen LogP contribution in [0.15, 0.2) is 0 Å². The molecule has 1 aliphatic rings. The first-order valence-corrected chi connectivity index (χ1v) is 5.88. The number of hydrogen-bond donors (Lipinski definition) is 1. The van der Waals surface area contributed by atoms with Crippen molar-refractivity contribution in [1.29, 1.82) is 0 Å². The summed E-state index contributed by atoms with van der Waals surface area (Å²) in [5.41, 5.74) is 0.115. The van der Waals surface area contributed by atoms with Gasteiger partial charge < -0.3 is 10.1 Å². The normalized spacial score (nSPS) is 25.9. The average molecular weight is 199 g/mol. The van der Waals surface area contributed by atoms with Gasteiger partial charge in [-0.25, -0.2) is 0 Å². The molecule has 0 aromatic heterocycles. The summed E-state index contributed by atoms with van der Waals surface area (Å²) in [6, 6.07) is 0. The highest BCUT2D eigenvalue weighted by molar-refractivity contribution is 4.81. The zero-order valence-electron chi connectivity index (χ0n) is 10.1. The molecule has 14 heavy (non-hydrogen) atoms. The van der Waals surface area contributed by atoms with Gasteiger partial charge in [0.25, 0.3) is 0 Å². The number of nitrogens with one attached hydrogen (secondary N) is 1. The molecule has 84 valence electrons. The molecule has 0 saturated carbocycles. The third-order valence-electron chi connectivity index (χ3n) is 2.82. The molecule has 1 fully saturated rings. The van der Waals surface area contributed by atoms with Gasteiger partial charge in [-0.15, -0.1) is 0 Å². The Morgan fingerprint density at radius 2 is 2.14 bits per heavy atom. The van der Waals surface area contributed by atoms with Crippen LogP contribution in [0, 0.1) is 5.92 Å². The molecule has 0 radical (unpaired) electrons. The fourth-order valence-electron chi connectivity index (χ4n) is 1.88. The monoisotopic (exact) mass is 199 g/mol. The molecule has 1 heterocycles. The van der Waals surface area contributed by atoms with Crippen LogP contribution in [0.25, 0.3) is 0 Å². The molecule has 1 aliphatic heterocycles. The van der Waals surface area contributed by atoms with Crippen LogP contribution in [0.4, 0.5) is 0 Å². The van der Waals surface area contributed by atoms with Crippen LogP contribution in [-0.2, 0) is 4.74 Å². The van der Waals surface area contributed by atoms with Crippen molar-refractivity contribution in [2.75, 3.05) is 13.1 Å². The van der Waals surface area contributed by atoms with Crippen LogP contribution in [0.1, 0.15) is 47.0 Å². The molecular weight excluding hydrogens is 174 g/mol. The fraction of sp³-hybridized carbons (Fsp3) is 1.00. The first-order chi connectivity index (χ1) is 6.49. The molecular formula is C12H25NO. The summed E-state index contributed by atoms with van der Waals surface area (Å²) < 4.78 is 5.89. The summed E-state index contributed by atoms with van der Waals surface area (Å²) in [6.07, 6.45) is 4.11. The van der Waals surface area contributed by atoms with Crippen molar-refractivity contribution in [2.24, 2.45) is 5.92 Å². The van der Waals surface area contributed by atoms with E-state index in [2.05, 4.69) is 33.0 Å². The maximum Gasteiger partial charge on any atom is 0.0707 e. The Balaban J connectivity index is 2.03. The van der Waals surface area contributed by atoms with Crippen LogP contribution in [0.2, 0.25) is 0 Å². The van der Waals surface area contributed by atoms with Gasteiger partial charge >= 0.3 is 0 Å². The van der Waals surface area contributed by atoms with Gasteiger partial charge in [-0.05, 0) is 45.6 Å². The van der Waals surface area contributed by atoms with E-state index in [4.69, 9.17) is 4.74 Å². The highest BCUT2D eigenvalue weighted by Gasteiger charge is 2.30. The van der Waals surface area contributed by atoms with Crippen molar-refractivity contribution in [3.8, 4) is 0 Å². The highest BCUT2D eigenvalue weighted by Crippen LogP contribution is 2.28. The van der Waals surface area contributed by atoms with Gasteiger partial charge in [0.1, 0.15) is 0 Å². The lowest BCUT2D eigenvalue weighted by Gasteiger charge is -2.19. The molecule has 1 rings (SSSR count). The van der Waals surface area contributed by atoms with Gasteiger partial charge in [0.15, 0.2) is 0 Å². The molecule has 1 unspecified atom stereocenters. The van der Waals surface area contributed by atoms with E-state index in [1.807, 2.05) is 0 Å². The third kappa shape index (κ3) is 4.43. The molecule has 1 N–H and O–H groups in total. The Morgan fingerprint density at radius 3 is 2.64 bits per heavy atom. The molecule has 0 aliphatic carbocycles. The zero-order chi connectivity index (χ0) is 10.6. The molecule has 2 nitrogen and oxygen atoms in total. The van der Waals surface area contributed by atoms with Crippen LogP contribution in [0.5, 0.6) is 0 Å². The van der Waals surface area contributed by atoms with Crippen molar-refractivity contribution < 1.29 is 4.74 Å². The summed E-state index contributed by atoms with van der Waals surface area (Å²) in [6.45, 7) is 11.0. The lowest BCUT2D eigenvalue weighted by atomic mass is 10.1. The Labute approximate surface area is 88.4 Å². The molecule has 0 spiro atoms. The van der Waals surface area contributed by atoms with Crippen molar-refractivity contribution >= 4 is 0 Å². The van der Waals surface area contributed by atoms with Gasteiger partial charge in [-0.2, -0.15) is 0 Å². The minimum absolute atomic E-state index is 0.115. The van der Waals surface area contributed by atoms with E-state index in [0.29, 0.717) is 6.10 Å². The Bertz CT molecular complexity index is 166. The van der Waals surface area contributed by atoms with E-state index in [1.165, 1.54) is 19.3 Å². The average Bonchev–Trinajstić information content (AvgIpc) is 2.39. The van der Waals surface area contributed by atoms with Gasteiger partial charge in [0.05, 0.1) is 11.7 Å². The first-order valence-electron chi connectivity index (χ1n) is 5.88. The summed E-state index contributed by atoms with van der Waals surface area (Å²) in [5, 5.41) is 3.47. The SMILES string of the molecule is CC(C)CCNCC1CCC(C)(C)O1. The standard InChI is InChI=1S/C12H25NO/c1-10(2)6-8-13-9-11-5-7-12(3,4)14-11/h10-11,13H,5-9H2,1-4H3. The van der Waals surface area contributed by atoms with Crippen molar-refractivity contribution in [3.63, 3.8) is 0 Å². The lowest BCUT2D eigenvalue weighted by Crippen LogP contribution is -2.30. The molecule has 1 atom stereocenters. The minimum atomic E-state index is 0.115. The van der Waals surface area contributed by atoms with E-state index >= 15 is 0 Å². The predicted molar refractivity (Wildman–Crippen MR) is 60.5 cm³/mol. The molecule has 0 amide bonds. The van der Waals surface area contributed by atoms with E-state index in [0.717, 1.165) is 19.0 Å². The van der Waals surface area contributed by atoms with Crippen molar-refractivity contribution in [3.05, 3.63) is 0 Å². The van der Waals surface area contributed by atoms with Crippen molar-refractivity contribution in [2.45, 2.75) is 58.7 Å². The van der Waals surface area contributed by atoms with Gasteiger partial charge in [0, 0.05) is 6.54 Å². The second kappa shape index (κ2) is 5.13. The summed E-state index contributed by atoms with van der Waals surface area (Å²) in [4.78, 5) is 0. The van der Waals surface area contributed by atoms with Gasteiger partial charge in [-0.3, -0.25) is 0 Å². The molecule has 0 aromatic carbocycles. The quantitative estimate of drug-likeness (QED) is 0.687. The Kier molecular flexibility index (Phi) is 4.39. The minimum Gasteiger partial charge on any atom is -0.371 e. The lowest BCUT2D eigenvalue weighted by molar-refractivity contribution is -0.0141. The number of ether oxygens (including phenoxy) is 1. The van der Waals surface area contributed by atoms with E-state index < -0.39 is 0 Å². The van der Waals surface area contributed by atoms with E-state index in [9.17, 15) is 0 Å². The second-order valence-electron chi connectivity index (χ2n) is 5.42. The van der Waals surface area contributed by atoms with Crippen LogP contribution >= 0.6 is 0 Å². The summed E-state index contributed by atoms with van der Waals surface area (Å²) in [7, 11) is 0. The first kappa shape index (κ1) is 12.0. The zero-order valence-corrected chi connectivity index (χ0v) is 10.1. The number of rotatable bonds is 5. The third-order valence-corrected chi connectivity index (χ3v) is 2.82. The predicted octanol–water partition coefficient (Wildman–Crippen LogP) is 2.58. The van der Waals surface area contributed by atoms with Gasteiger partial charge in [0.2, 0.25) is 0 Å². The maximum atomic E-state index is 5.89. The van der Waals surface area contributed by atoms with E-state index in [-0.39, 0.29) is 5.60 Å². The fourth-order valence-corrected chi connectivity index (χ4v) is 1.88. The molecule has 1 saturated heterocycles. The number of hydrogen-bond acceptors (Lipinski definition) is 2. The summed E-state index contributed by atoms with van der Waals surface area (Å²) in [5.74, 6) is 0.795. The van der Waals surface area contributed by atoms with Crippen LogP contribution < -0.4 is 5.32 Å². The van der Waals surface area contributed by atoms with Crippen LogP contribution in [-0.4, -0.2) is 24.8 Å². The molecule has 0 aromatic rings. The van der Waals surface area contributed by atoms with E-state index in [1.54, 1.807) is 0 Å².